The summed E-state index contributed by atoms with van der Waals surface area (Å²) in [6, 6.07) is 0. The molecule has 2 aliphatic carbocycles. The van der Waals surface area contributed by atoms with Gasteiger partial charge in [0.25, 0.3) is 0 Å². The van der Waals surface area contributed by atoms with Crippen molar-refractivity contribution in [2.45, 2.75) is 25.7 Å². The maximum Gasteiger partial charge on any atom is 0.337 e. The van der Waals surface area contributed by atoms with Gasteiger partial charge >= 0.3 is 5.97 Å². The smallest absolute Gasteiger partial charge is 0.337 e. The van der Waals surface area contributed by atoms with Crippen molar-refractivity contribution in [3.63, 3.8) is 0 Å². The number of rotatable bonds is 2. The fraction of sp³-hybridized carbons (Fsp3) is 0.583. The van der Waals surface area contributed by atoms with Gasteiger partial charge in [-0.05, 0) is 31.1 Å². The first-order chi connectivity index (χ1) is 6.81. The Hall–Kier alpha value is -1.05. The zero-order chi connectivity index (χ0) is 9.97. The van der Waals surface area contributed by atoms with Crippen LogP contribution in [0.1, 0.15) is 25.7 Å². The zero-order valence-electron chi connectivity index (χ0n) is 8.53. The van der Waals surface area contributed by atoms with Crippen molar-refractivity contribution in [3.05, 3.63) is 23.8 Å². The van der Waals surface area contributed by atoms with Gasteiger partial charge in [-0.15, -0.1) is 0 Å². The van der Waals surface area contributed by atoms with Crippen LogP contribution in [0.3, 0.4) is 0 Å². The van der Waals surface area contributed by atoms with Gasteiger partial charge in [0.05, 0.1) is 12.7 Å². The SMILES string of the molecule is COC(=O)C1=CCC(C2CCC2)C=C1. The van der Waals surface area contributed by atoms with E-state index < -0.39 is 0 Å². The van der Waals surface area contributed by atoms with Crippen molar-refractivity contribution in [2.75, 3.05) is 7.11 Å². The molecule has 0 bridgehead atoms. The molecule has 1 atom stereocenters. The summed E-state index contributed by atoms with van der Waals surface area (Å²) in [5.41, 5.74) is 0.711. The average Bonchev–Trinajstić information content (AvgIpc) is 2.15. The molecule has 0 aliphatic heterocycles. The molecule has 2 aliphatic rings. The number of carbonyl (C=O) groups is 1. The molecule has 2 nitrogen and oxygen atoms in total. The molecule has 1 saturated carbocycles. The first-order valence-corrected chi connectivity index (χ1v) is 5.28. The number of hydrogen-bond donors (Lipinski definition) is 0. The van der Waals surface area contributed by atoms with Crippen LogP contribution in [0.4, 0.5) is 0 Å². The van der Waals surface area contributed by atoms with Crippen LogP contribution in [0.2, 0.25) is 0 Å². The van der Waals surface area contributed by atoms with Gasteiger partial charge in [0.1, 0.15) is 0 Å². The monoisotopic (exact) mass is 192 g/mol. The van der Waals surface area contributed by atoms with Crippen LogP contribution in [0.25, 0.3) is 0 Å². The Balaban J connectivity index is 1.93. The molecule has 1 unspecified atom stereocenters. The molecule has 1 fully saturated rings. The van der Waals surface area contributed by atoms with E-state index in [0.29, 0.717) is 11.5 Å². The second-order valence-electron chi connectivity index (χ2n) is 4.10. The van der Waals surface area contributed by atoms with Crippen LogP contribution >= 0.6 is 0 Å². The van der Waals surface area contributed by atoms with E-state index in [1.54, 1.807) is 0 Å². The van der Waals surface area contributed by atoms with Crippen LogP contribution in [-0.2, 0) is 9.53 Å². The van der Waals surface area contributed by atoms with E-state index in [-0.39, 0.29) is 5.97 Å². The van der Waals surface area contributed by atoms with Gasteiger partial charge in [0.15, 0.2) is 0 Å². The predicted octanol–water partition coefficient (Wildman–Crippen LogP) is 2.46. The largest absolute Gasteiger partial charge is 0.465 e. The molecule has 0 amide bonds. The summed E-state index contributed by atoms with van der Waals surface area (Å²) in [6.45, 7) is 0. The molecule has 0 heterocycles. The maximum atomic E-state index is 11.2. The second kappa shape index (κ2) is 3.99. The quantitative estimate of drug-likeness (QED) is 0.628. The number of methoxy groups -OCH3 is 1. The van der Waals surface area contributed by atoms with E-state index in [1.165, 1.54) is 26.4 Å². The van der Waals surface area contributed by atoms with E-state index in [1.807, 2.05) is 12.2 Å². The molecule has 14 heavy (non-hydrogen) atoms. The van der Waals surface area contributed by atoms with Gasteiger partial charge in [-0.1, -0.05) is 24.6 Å². The minimum Gasteiger partial charge on any atom is -0.465 e. The van der Waals surface area contributed by atoms with Crippen molar-refractivity contribution >= 4 is 5.97 Å². The van der Waals surface area contributed by atoms with E-state index in [4.69, 9.17) is 0 Å². The van der Waals surface area contributed by atoms with Crippen LogP contribution in [-0.4, -0.2) is 13.1 Å². The number of ether oxygens (including phenoxy) is 1. The third-order valence-electron chi connectivity index (χ3n) is 3.31. The Kier molecular flexibility index (Phi) is 2.71. The molecular weight excluding hydrogens is 176 g/mol. The third kappa shape index (κ3) is 1.74. The van der Waals surface area contributed by atoms with Gasteiger partial charge in [0, 0.05) is 0 Å². The summed E-state index contributed by atoms with van der Waals surface area (Å²) in [5.74, 6) is 1.31. The first kappa shape index (κ1) is 9.50. The minimum absolute atomic E-state index is 0.215. The zero-order valence-corrected chi connectivity index (χ0v) is 8.53. The topological polar surface area (TPSA) is 26.3 Å². The lowest BCUT2D eigenvalue weighted by atomic mass is 9.73. The highest BCUT2D eigenvalue weighted by molar-refractivity contribution is 5.91. The Morgan fingerprint density at radius 2 is 2.29 bits per heavy atom. The molecule has 2 rings (SSSR count). The van der Waals surface area contributed by atoms with E-state index in [0.717, 1.165) is 12.3 Å². The standard InChI is InChI=1S/C12H16O2/c1-14-12(13)11-7-5-10(6-8-11)9-3-2-4-9/h5,7-10H,2-4,6H2,1H3. The summed E-state index contributed by atoms with van der Waals surface area (Å²) in [4.78, 5) is 11.2. The molecule has 76 valence electrons. The molecule has 0 radical (unpaired) electrons. The fourth-order valence-corrected chi connectivity index (χ4v) is 2.12. The third-order valence-corrected chi connectivity index (χ3v) is 3.31. The summed E-state index contributed by atoms with van der Waals surface area (Å²) in [7, 11) is 1.43. The summed E-state index contributed by atoms with van der Waals surface area (Å²) in [6.07, 6.45) is 11.2. The Labute approximate surface area is 84.6 Å². The second-order valence-corrected chi connectivity index (χ2v) is 4.10. The highest BCUT2D eigenvalue weighted by atomic mass is 16.5. The molecule has 0 aromatic rings. The first-order valence-electron chi connectivity index (χ1n) is 5.28. The molecule has 0 spiro atoms. The Bertz CT molecular complexity index is 285. The van der Waals surface area contributed by atoms with Crippen molar-refractivity contribution in [3.8, 4) is 0 Å². The highest BCUT2D eigenvalue weighted by Crippen LogP contribution is 2.37. The Morgan fingerprint density at radius 1 is 1.50 bits per heavy atom. The number of allylic oxidation sites excluding steroid dienone is 2. The van der Waals surface area contributed by atoms with Gasteiger partial charge in [-0.2, -0.15) is 0 Å². The van der Waals surface area contributed by atoms with Crippen LogP contribution in [0.15, 0.2) is 23.8 Å². The molecule has 0 aromatic heterocycles. The predicted molar refractivity (Wildman–Crippen MR) is 54.7 cm³/mol. The molecule has 0 saturated heterocycles. The van der Waals surface area contributed by atoms with Crippen molar-refractivity contribution in [1.29, 1.82) is 0 Å². The van der Waals surface area contributed by atoms with Crippen molar-refractivity contribution in [1.82, 2.24) is 0 Å². The van der Waals surface area contributed by atoms with Gasteiger partial charge in [-0.3, -0.25) is 0 Å². The maximum absolute atomic E-state index is 11.2. The number of hydrogen-bond acceptors (Lipinski definition) is 2. The van der Waals surface area contributed by atoms with Gasteiger partial charge < -0.3 is 4.74 Å². The van der Waals surface area contributed by atoms with E-state index >= 15 is 0 Å². The lowest BCUT2D eigenvalue weighted by molar-refractivity contribution is -0.135. The van der Waals surface area contributed by atoms with E-state index in [2.05, 4.69) is 10.8 Å². The molecule has 0 aromatic carbocycles. The lowest BCUT2D eigenvalue weighted by Crippen LogP contribution is -2.21. The normalized spacial score (nSPS) is 26.6. The summed E-state index contributed by atoms with van der Waals surface area (Å²) < 4.78 is 4.67. The molecule has 0 N–H and O–H groups in total. The highest BCUT2D eigenvalue weighted by Gasteiger charge is 2.26. The van der Waals surface area contributed by atoms with E-state index in [9.17, 15) is 4.79 Å². The molecular formula is C12H16O2. The van der Waals surface area contributed by atoms with Crippen molar-refractivity contribution in [2.24, 2.45) is 11.8 Å². The lowest BCUT2D eigenvalue weighted by Gasteiger charge is -2.32. The van der Waals surface area contributed by atoms with Gasteiger partial charge in [-0.25, -0.2) is 4.79 Å². The number of carbonyl (C=O) groups excluding carboxylic acids is 1. The Morgan fingerprint density at radius 3 is 2.71 bits per heavy atom. The molecule has 2 heteroatoms. The minimum atomic E-state index is -0.215. The summed E-state index contributed by atoms with van der Waals surface area (Å²) >= 11 is 0. The van der Waals surface area contributed by atoms with Crippen LogP contribution < -0.4 is 0 Å². The summed E-state index contributed by atoms with van der Waals surface area (Å²) in [5, 5.41) is 0. The van der Waals surface area contributed by atoms with Crippen molar-refractivity contribution < 1.29 is 9.53 Å². The average molecular weight is 192 g/mol. The van der Waals surface area contributed by atoms with Gasteiger partial charge in [0.2, 0.25) is 0 Å². The van der Waals surface area contributed by atoms with Crippen LogP contribution in [0.5, 0.6) is 0 Å². The number of esters is 1. The fourth-order valence-electron chi connectivity index (χ4n) is 2.12. The van der Waals surface area contributed by atoms with Crippen LogP contribution in [0, 0.1) is 11.8 Å².